The zero-order valence-corrected chi connectivity index (χ0v) is 13.9. The number of nitrogens with zero attached hydrogens (tertiary/aromatic N) is 2. The molecule has 1 heterocycles. The molecule has 0 saturated carbocycles. The minimum Gasteiger partial charge on any atom is -0.493 e. The molecule has 0 radical (unpaired) electrons. The van der Waals surface area contributed by atoms with Crippen molar-refractivity contribution in [2.75, 3.05) is 14.2 Å². The molecule has 0 spiro atoms. The van der Waals surface area contributed by atoms with E-state index in [1.54, 1.807) is 7.11 Å². The van der Waals surface area contributed by atoms with Gasteiger partial charge in [0.1, 0.15) is 0 Å². The van der Waals surface area contributed by atoms with Crippen molar-refractivity contribution in [3.8, 4) is 5.75 Å². The molecule has 20 heavy (non-hydrogen) atoms. The van der Waals surface area contributed by atoms with Crippen molar-refractivity contribution in [2.24, 2.45) is 5.92 Å². The number of hydrogen-bond donors (Lipinski definition) is 1. The summed E-state index contributed by atoms with van der Waals surface area (Å²) in [5, 5.41) is 8.00. The third-order valence-electron chi connectivity index (χ3n) is 4.04. The van der Waals surface area contributed by atoms with Crippen molar-refractivity contribution < 1.29 is 4.74 Å². The summed E-state index contributed by atoms with van der Waals surface area (Å²) in [6.45, 7) is 8.85. The molecule has 116 valence electrons. The van der Waals surface area contributed by atoms with Gasteiger partial charge >= 0.3 is 0 Å². The van der Waals surface area contributed by atoms with Crippen LogP contribution in [0.4, 0.5) is 0 Å². The highest BCUT2D eigenvalue weighted by Crippen LogP contribution is 2.35. The van der Waals surface area contributed by atoms with Gasteiger partial charge in [0.2, 0.25) is 0 Å². The summed E-state index contributed by atoms with van der Waals surface area (Å²) in [5.74, 6) is 1.51. The van der Waals surface area contributed by atoms with Crippen LogP contribution in [0.1, 0.15) is 71.2 Å². The Morgan fingerprint density at radius 2 is 2.05 bits per heavy atom. The van der Waals surface area contributed by atoms with Crippen LogP contribution < -0.4 is 10.1 Å². The normalized spacial score (nSPS) is 14.6. The predicted octanol–water partition coefficient (Wildman–Crippen LogP) is 3.95. The summed E-state index contributed by atoms with van der Waals surface area (Å²) in [6.07, 6.45) is 6.76. The molecule has 0 amide bonds. The van der Waals surface area contributed by atoms with Crippen LogP contribution in [0, 0.1) is 5.92 Å². The molecule has 0 saturated heterocycles. The van der Waals surface area contributed by atoms with Gasteiger partial charge in [-0.1, -0.05) is 33.1 Å². The van der Waals surface area contributed by atoms with Gasteiger partial charge < -0.3 is 10.1 Å². The maximum atomic E-state index is 5.53. The van der Waals surface area contributed by atoms with E-state index in [1.165, 1.54) is 25.0 Å². The molecule has 0 aromatic carbocycles. The second kappa shape index (κ2) is 8.30. The minimum absolute atomic E-state index is 0.298. The van der Waals surface area contributed by atoms with Crippen LogP contribution in [0.3, 0.4) is 0 Å². The second-order valence-corrected chi connectivity index (χ2v) is 5.71. The molecule has 0 aliphatic carbocycles. The second-order valence-electron chi connectivity index (χ2n) is 5.71. The first kappa shape index (κ1) is 17.0. The monoisotopic (exact) mass is 281 g/mol. The molecule has 0 fully saturated rings. The highest BCUT2D eigenvalue weighted by atomic mass is 16.5. The van der Waals surface area contributed by atoms with Crippen LogP contribution in [0.15, 0.2) is 6.20 Å². The van der Waals surface area contributed by atoms with E-state index >= 15 is 0 Å². The molecule has 0 bridgehead atoms. The Bertz CT molecular complexity index is 387. The number of methoxy groups -OCH3 is 1. The number of rotatable bonds is 9. The molecule has 0 aliphatic heterocycles. The molecule has 4 heteroatoms. The van der Waals surface area contributed by atoms with Crippen molar-refractivity contribution in [3.63, 3.8) is 0 Å². The van der Waals surface area contributed by atoms with Gasteiger partial charge in [0.25, 0.3) is 0 Å². The largest absolute Gasteiger partial charge is 0.493 e. The standard InChI is InChI=1S/C16H31N3O/c1-7-9-10-13(8-2)15(17-5)16-14(20-6)11-18-19(16)12(3)4/h11-13,15,17H,7-10H2,1-6H3. The van der Waals surface area contributed by atoms with Crippen LogP contribution in [-0.4, -0.2) is 23.9 Å². The van der Waals surface area contributed by atoms with E-state index in [0.717, 1.165) is 12.2 Å². The van der Waals surface area contributed by atoms with Crippen LogP contribution in [0.2, 0.25) is 0 Å². The van der Waals surface area contributed by atoms with E-state index < -0.39 is 0 Å². The molecule has 1 aromatic rings. The Balaban J connectivity index is 3.11. The van der Waals surface area contributed by atoms with Crippen LogP contribution >= 0.6 is 0 Å². The Morgan fingerprint density at radius 1 is 1.35 bits per heavy atom. The maximum absolute atomic E-state index is 5.53. The fraction of sp³-hybridized carbons (Fsp3) is 0.812. The van der Waals surface area contributed by atoms with E-state index in [9.17, 15) is 0 Å². The molecule has 1 rings (SSSR count). The van der Waals surface area contributed by atoms with Crippen molar-refractivity contribution >= 4 is 0 Å². The van der Waals surface area contributed by atoms with Crippen LogP contribution in [-0.2, 0) is 0 Å². The number of nitrogens with one attached hydrogen (secondary N) is 1. The van der Waals surface area contributed by atoms with Gasteiger partial charge in [-0.2, -0.15) is 5.10 Å². The van der Waals surface area contributed by atoms with Gasteiger partial charge in [0.05, 0.1) is 25.0 Å². The zero-order valence-electron chi connectivity index (χ0n) is 13.9. The first-order valence-corrected chi connectivity index (χ1v) is 7.89. The van der Waals surface area contributed by atoms with Crippen molar-refractivity contribution in [1.82, 2.24) is 15.1 Å². The molecule has 1 aromatic heterocycles. The molecular weight excluding hydrogens is 250 g/mol. The first-order valence-electron chi connectivity index (χ1n) is 7.89. The van der Waals surface area contributed by atoms with Gasteiger partial charge in [0, 0.05) is 6.04 Å². The van der Waals surface area contributed by atoms with E-state index in [1.807, 2.05) is 13.2 Å². The van der Waals surface area contributed by atoms with E-state index in [-0.39, 0.29) is 0 Å². The Hall–Kier alpha value is -1.03. The van der Waals surface area contributed by atoms with Gasteiger partial charge in [-0.25, -0.2) is 0 Å². The first-order chi connectivity index (χ1) is 9.60. The molecular formula is C16H31N3O. The lowest BCUT2D eigenvalue weighted by atomic mass is 9.89. The van der Waals surface area contributed by atoms with E-state index in [4.69, 9.17) is 4.74 Å². The third-order valence-corrected chi connectivity index (χ3v) is 4.04. The zero-order chi connectivity index (χ0) is 15.1. The molecule has 0 aliphatic rings. The summed E-state index contributed by atoms with van der Waals surface area (Å²) >= 11 is 0. The topological polar surface area (TPSA) is 39.1 Å². The lowest BCUT2D eigenvalue weighted by molar-refractivity contribution is 0.303. The quantitative estimate of drug-likeness (QED) is 0.745. The number of unbranched alkanes of at least 4 members (excludes halogenated alkanes) is 1. The summed E-state index contributed by atoms with van der Waals surface area (Å²) in [5.41, 5.74) is 1.19. The lowest BCUT2D eigenvalue weighted by Crippen LogP contribution is -2.28. The molecule has 1 N–H and O–H groups in total. The maximum Gasteiger partial charge on any atom is 0.161 e. The van der Waals surface area contributed by atoms with E-state index in [0.29, 0.717) is 18.0 Å². The molecule has 2 atom stereocenters. The highest BCUT2D eigenvalue weighted by molar-refractivity contribution is 5.29. The van der Waals surface area contributed by atoms with Crippen molar-refractivity contribution in [2.45, 2.75) is 65.5 Å². The third kappa shape index (κ3) is 3.75. The van der Waals surface area contributed by atoms with Crippen LogP contribution in [0.25, 0.3) is 0 Å². The number of hydrogen-bond acceptors (Lipinski definition) is 3. The molecule has 4 nitrogen and oxygen atoms in total. The van der Waals surface area contributed by atoms with Crippen molar-refractivity contribution in [1.29, 1.82) is 0 Å². The summed E-state index contributed by atoms with van der Waals surface area (Å²) < 4.78 is 7.63. The fourth-order valence-electron chi connectivity index (χ4n) is 2.89. The summed E-state index contributed by atoms with van der Waals surface area (Å²) in [7, 11) is 3.77. The Morgan fingerprint density at radius 3 is 2.50 bits per heavy atom. The minimum atomic E-state index is 0.298. The van der Waals surface area contributed by atoms with Gasteiger partial charge in [0.15, 0.2) is 5.75 Å². The Labute approximate surface area is 123 Å². The molecule has 2 unspecified atom stereocenters. The number of ether oxygens (including phenoxy) is 1. The number of aromatic nitrogens is 2. The smallest absolute Gasteiger partial charge is 0.161 e. The Kier molecular flexibility index (Phi) is 7.06. The summed E-state index contributed by atoms with van der Waals surface area (Å²) in [4.78, 5) is 0. The van der Waals surface area contributed by atoms with Gasteiger partial charge in [-0.3, -0.25) is 4.68 Å². The summed E-state index contributed by atoms with van der Waals surface area (Å²) in [6, 6.07) is 0.639. The van der Waals surface area contributed by atoms with Crippen LogP contribution in [0.5, 0.6) is 5.75 Å². The van der Waals surface area contributed by atoms with Crippen molar-refractivity contribution in [3.05, 3.63) is 11.9 Å². The average Bonchev–Trinajstić information content (AvgIpc) is 2.87. The van der Waals surface area contributed by atoms with Gasteiger partial charge in [-0.05, 0) is 33.2 Å². The fourth-order valence-corrected chi connectivity index (χ4v) is 2.89. The lowest BCUT2D eigenvalue weighted by Gasteiger charge is -2.28. The SMILES string of the molecule is CCCCC(CC)C(NC)c1c(OC)cnn1C(C)C. The highest BCUT2D eigenvalue weighted by Gasteiger charge is 2.27. The van der Waals surface area contributed by atoms with E-state index in [2.05, 4.69) is 42.8 Å². The van der Waals surface area contributed by atoms with Gasteiger partial charge in [-0.15, -0.1) is 0 Å². The average molecular weight is 281 g/mol. The predicted molar refractivity (Wildman–Crippen MR) is 84.3 cm³/mol.